The molecular formula is C23H19FN4O2S. The Kier molecular flexibility index (Phi) is 6.37. The zero-order valence-electron chi connectivity index (χ0n) is 16.4. The second-order valence-electron chi connectivity index (χ2n) is 6.84. The van der Waals surface area contributed by atoms with Gasteiger partial charge in [-0.3, -0.25) is 19.5 Å². The van der Waals surface area contributed by atoms with Gasteiger partial charge in [0.1, 0.15) is 11.1 Å². The molecule has 1 fully saturated rings. The number of amidine groups is 1. The van der Waals surface area contributed by atoms with Crippen LogP contribution >= 0.6 is 11.8 Å². The summed E-state index contributed by atoms with van der Waals surface area (Å²) in [5, 5.41) is 2.63. The largest absolute Gasteiger partial charge is 0.326 e. The highest BCUT2D eigenvalue weighted by molar-refractivity contribution is 8.15. The molecule has 1 aromatic heterocycles. The molecule has 2 amide bonds. The van der Waals surface area contributed by atoms with E-state index in [1.807, 2.05) is 48.5 Å². The highest BCUT2D eigenvalue weighted by atomic mass is 32.2. The summed E-state index contributed by atoms with van der Waals surface area (Å²) in [6, 6.07) is 20.3. The monoisotopic (exact) mass is 434 g/mol. The number of para-hydroxylation sites is 1. The number of nitrogens with one attached hydrogen (secondary N) is 1. The number of rotatable bonds is 6. The van der Waals surface area contributed by atoms with Crippen LogP contribution < -0.4 is 5.32 Å². The summed E-state index contributed by atoms with van der Waals surface area (Å²) in [6.45, 7) is 0.272. The van der Waals surface area contributed by atoms with E-state index >= 15 is 0 Å². The number of pyridine rings is 1. The van der Waals surface area contributed by atoms with Gasteiger partial charge < -0.3 is 5.32 Å². The number of hydrogen-bond donors (Lipinski definition) is 1. The van der Waals surface area contributed by atoms with E-state index in [2.05, 4.69) is 15.3 Å². The topological polar surface area (TPSA) is 74.7 Å². The predicted octanol–water partition coefficient (Wildman–Crippen LogP) is 4.38. The van der Waals surface area contributed by atoms with Gasteiger partial charge in [0.15, 0.2) is 5.17 Å². The first-order chi connectivity index (χ1) is 15.1. The number of aromatic nitrogens is 1. The number of anilines is 1. The van der Waals surface area contributed by atoms with Crippen LogP contribution in [-0.2, 0) is 16.1 Å². The van der Waals surface area contributed by atoms with Crippen LogP contribution in [-0.4, -0.2) is 32.1 Å². The first-order valence-electron chi connectivity index (χ1n) is 9.65. The van der Waals surface area contributed by atoms with Crippen LogP contribution in [0.2, 0.25) is 0 Å². The minimum absolute atomic E-state index is 0.0204. The van der Waals surface area contributed by atoms with Crippen molar-refractivity contribution in [1.29, 1.82) is 0 Å². The van der Waals surface area contributed by atoms with Crippen LogP contribution in [0.3, 0.4) is 0 Å². The van der Waals surface area contributed by atoms with E-state index in [0.29, 0.717) is 10.9 Å². The van der Waals surface area contributed by atoms with Gasteiger partial charge in [-0.1, -0.05) is 36.0 Å². The van der Waals surface area contributed by atoms with Crippen molar-refractivity contribution in [2.24, 2.45) is 4.99 Å². The highest BCUT2D eigenvalue weighted by Gasteiger charge is 2.39. The molecule has 1 atom stereocenters. The quantitative estimate of drug-likeness (QED) is 0.625. The average Bonchev–Trinajstić information content (AvgIpc) is 3.05. The van der Waals surface area contributed by atoms with Crippen LogP contribution in [0.15, 0.2) is 84.0 Å². The van der Waals surface area contributed by atoms with Crippen molar-refractivity contribution in [1.82, 2.24) is 9.88 Å². The lowest BCUT2D eigenvalue weighted by Gasteiger charge is -2.16. The molecule has 4 rings (SSSR count). The lowest BCUT2D eigenvalue weighted by molar-refractivity contribution is -0.128. The fourth-order valence-electron chi connectivity index (χ4n) is 3.05. The van der Waals surface area contributed by atoms with Gasteiger partial charge in [0.25, 0.3) is 0 Å². The number of aliphatic imine (C=N–C) groups is 1. The molecule has 1 aliphatic rings. The Morgan fingerprint density at radius 3 is 2.52 bits per heavy atom. The molecular weight excluding hydrogens is 415 g/mol. The van der Waals surface area contributed by atoms with Crippen molar-refractivity contribution in [2.45, 2.75) is 18.2 Å². The summed E-state index contributed by atoms with van der Waals surface area (Å²) in [5.41, 5.74) is 1.93. The number of halogens is 1. The van der Waals surface area contributed by atoms with Crippen LogP contribution in [0, 0.1) is 5.82 Å². The van der Waals surface area contributed by atoms with Crippen molar-refractivity contribution >= 4 is 40.1 Å². The summed E-state index contributed by atoms with van der Waals surface area (Å²) in [4.78, 5) is 36.1. The number of carbonyl (C=O) groups is 2. The third kappa shape index (κ3) is 5.35. The van der Waals surface area contributed by atoms with Gasteiger partial charge in [-0.05, 0) is 48.5 Å². The van der Waals surface area contributed by atoms with Gasteiger partial charge in [-0.15, -0.1) is 0 Å². The maximum Gasteiger partial charge on any atom is 0.243 e. The molecule has 0 saturated carbocycles. The van der Waals surface area contributed by atoms with E-state index in [1.165, 1.54) is 36.0 Å². The van der Waals surface area contributed by atoms with Crippen molar-refractivity contribution in [2.75, 3.05) is 5.32 Å². The Balaban J connectivity index is 1.52. The van der Waals surface area contributed by atoms with E-state index in [-0.39, 0.29) is 30.6 Å². The molecule has 0 bridgehead atoms. The Morgan fingerprint density at radius 2 is 1.81 bits per heavy atom. The average molecular weight is 434 g/mol. The van der Waals surface area contributed by atoms with Gasteiger partial charge in [0, 0.05) is 18.3 Å². The van der Waals surface area contributed by atoms with Gasteiger partial charge in [0.2, 0.25) is 11.8 Å². The van der Waals surface area contributed by atoms with E-state index in [4.69, 9.17) is 0 Å². The lowest BCUT2D eigenvalue weighted by atomic mass is 10.2. The van der Waals surface area contributed by atoms with Gasteiger partial charge >= 0.3 is 0 Å². The molecule has 2 heterocycles. The number of thioether (sulfide) groups is 1. The molecule has 31 heavy (non-hydrogen) atoms. The molecule has 0 aliphatic carbocycles. The molecule has 6 nitrogen and oxygen atoms in total. The molecule has 156 valence electrons. The normalized spacial score (nSPS) is 17.2. The molecule has 3 aromatic rings. The maximum absolute atomic E-state index is 13.1. The molecule has 0 spiro atoms. The zero-order valence-corrected chi connectivity index (χ0v) is 17.3. The predicted molar refractivity (Wildman–Crippen MR) is 119 cm³/mol. The Morgan fingerprint density at radius 1 is 1.06 bits per heavy atom. The first-order valence-corrected chi connectivity index (χ1v) is 10.5. The maximum atomic E-state index is 13.1. The fraction of sp³-hybridized carbons (Fsp3) is 0.130. The molecule has 1 aliphatic heterocycles. The van der Waals surface area contributed by atoms with Crippen LogP contribution in [0.5, 0.6) is 0 Å². The summed E-state index contributed by atoms with van der Waals surface area (Å²) >= 11 is 1.26. The van der Waals surface area contributed by atoms with Crippen molar-refractivity contribution in [3.63, 3.8) is 0 Å². The summed E-state index contributed by atoms with van der Waals surface area (Å²) in [7, 11) is 0. The molecule has 2 aromatic carbocycles. The van der Waals surface area contributed by atoms with Crippen LogP contribution in [0.4, 0.5) is 15.8 Å². The molecule has 0 radical (unpaired) electrons. The first kappa shape index (κ1) is 20.7. The number of nitrogens with zero attached hydrogens (tertiary/aromatic N) is 3. The minimum atomic E-state index is -0.605. The third-order valence-electron chi connectivity index (χ3n) is 4.55. The lowest BCUT2D eigenvalue weighted by Crippen LogP contribution is -2.33. The zero-order chi connectivity index (χ0) is 21.6. The van der Waals surface area contributed by atoms with E-state index in [0.717, 1.165) is 11.4 Å². The Hall–Kier alpha value is -3.52. The Bertz CT molecular complexity index is 1090. The van der Waals surface area contributed by atoms with Crippen molar-refractivity contribution in [3.05, 3.63) is 90.5 Å². The molecule has 1 N–H and O–H groups in total. The standard InChI is InChI=1S/C23H19FN4O2S/c24-16-9-11-18(12-10-16)26-21(29)14-20-22(30)28(15-19-8-4-5-13-25-19)23(31-20)27-17-6-2-1-3-7-17/h1-13,20H,14-15H2,(H,26,29). The second kappa shape index (κ2) is 9.53. The van der Waals surface area contributed by atoms with E-state index in [1.54, 1.807) is 11.1 Å². The minimum Gasteiger partial charge on any atom is -0.326 e. The van der Waals surface area contributed by atoms with E-state index in [9.17, 15) is 14.0 Å². The van der Waals surface area contributed by atoms with Crippen molar-refractivity contribution < 1.29 is 14.0 Å². The smallest absolute Gasteiger partial charge is 0.243 e. The van der Waals surface area contributed by atoms with Gasteiger partial charge in [-0.25, -0.2) is 9.38 Å². The summed E-state index contributed by atoms with van der Waals surface area (Å²) in [5.74, 6) is -0.901. The van der Waals surface area contributed by atoms with Crippen molar-refractivity contribution in [3.8, 4) is 0 Å². The highest BCUT2D eigenvalue weighted by Crippen LogP contribution is 2.32. The Labute approximate surface area is 183 Å². The number of hydrogen-bond acceptors (Lipinski definition) is 5. The SMILES string of the molecule is O=C(CC1SC(=Nc2ccccc2)N(Cc2ccccn2)C1=O)Nc1ccc(F)cc1. The molecule has 8 heteroatoms. The fourth-order valence-corrected chi connectivity index (χ4v) is 4.21. The summed E-state index contributed by atoms with van der Waals surface area (Å²) < 4.78 is 13.1. The number of benzene rings is 2. The summed E-state index contributed by atoms with van der Waals surface area (Å²) in [6.07, 6.45) is 1.65. The van der Waals surface area contributed by atoms with Crippen LogP contribution in [0.1, 0.15) is 12.1 Å². The number of amides is 2. The van der Waals surface area contributed by atoms with Gasteiger partial charge in [0.05, 0.1) is 17.9 Å². The second-order valence-corrected chi connectivity index (χ2v) is 8.01. The molecule has 1 saturated heterocycles. The third-order valence-corrected chi connectivity index (χ3v) is 5.72. The number of carbonyl (C=O) groups excluding carboxylic acids is 2. The van der Waals surface area contributed by atoms with Gasteiger partial charge in [-0.2, -0.15) is 0 Å². The van der Waals surface area contributed by atoms with E-state index < -0.39 is 5.25 Å². The van der Waals surface area contributed by atoms with Crippen LogP contribution in [0.25, 0.3) is 0 Å². The molecule has 1 unspecified atom stereocenters.